The quantitative estimate of drug-likeness (QED) is 0.775. The largest absolute Gasteiger partial charge is 0.491 e. The summed E-state index contributed by atoms with van der Waals surface area (Å²) >= 11 is 9.22. The second-order valence-electron chi connectivity index (χ2n) is 4.66. The lowest BCUT2D eigenvalue weighted by molar-refractivity contribution is 0.242. The van der Waals surface area contributed by atoms with Crippen molar-refractivity contribution >= 4 is 33.2 Å². The van der Waals surface area contributed by atoms with Crippen molar-refractivity contribution in [2.75, 3.05) is 5.32 Å². The third kappa shape index (κ3) is 4.39. The minimum atomic E-state index is 0.176. The van der Waals surface area contributed by atoms with Crippen LogP contribution in [-0.2, 0) is 6.54 Å². The smallest absolute Gasteiger partial charge is 0.143 e. The molecule has 106 valence electrons. The second kappa shape index (κ2) is 6.95. The van der Waals surface area contributed by atoms with Crippen LogP contribution in [0.1, 0.15) is 19.4 Å². The Bertz CT molecular complexity index is 590. The minimum Gasteiger partial charge on any atom is -0.491 e. The number of ether oxygens (including phenoxy) is 1. The summed E-state index contributed by atoms with van der Waals surface area (Å²) in [7, 11) is 0. The summed E-state index contributed by atoms with van der Waals surface area (Å²) in [6.45, 7) is 4.73. The van der Waals surface area contributed by atoms with Gasteiger partial charge in [-0.3, -0.25) is 0 Å². The Balaban J connectivity index is 2.01. The van der Waals surface area contributed by atoms with Crippen molar-refractivity contribution in [2.45, 2.75) is 26.5 Å². The summed E-state index contributed by atoms with van der Waals surface area (Å²) in [6, 6.07) is 9.95. The molecule has 0 radical (unpaired) electrons. The number of nitrogens with one attached hydrogen (secondary N) is 1. The van der Waals surface area contributed by atoms with Crippen molar-refractivity contribution < 1.29 is 4.74 Å². The molecule has 0 spiro atoms. The standard InChI is InChI=1S/C15H16BrClN2O/c1-10(2)20-13-5-3-4-11(6-13)8-18-12-7-14(16)15(17)19-9-12/h3-7,9-10,18H,8H2,1-2H3. The van der Waals surface area contributed by atoms with E-state index >= 15 is 0 Å². The molecule has 2 rings (SSSR count). The molecule has 0 saturated heterocycles. The maximum atomic E-state index is 5.86. The Morgan fingerprint density at radius 3 is 2.85 bits per heavy atom. The molecule has 0 bridgehead atoms. The van der Waals surface area contributed by atoms with E-state index in [2.05, 4.69) is 32.3 Å². The van der Waals surface area contributed by atoms with E-state index < -0.39 is 0 Å². The van der Waals surface area contributed by atoms with Gasteiger partial charge in [0.15, 0.2) is 0 Å². The Labute approximate surface area is 132 Å². The number of hydrogen-bond acceptors (Lipinski definition) is 3. The number of nitrogens with zero attached hydrogens (tertiary/aromatic N) is 1. The van der Waals surface area contributed by atoms with Crippen LogP contribution in [0.25, 0.3) is 0 Å². The Hall–Kier alpha value is -1.26. The van der Waals surface area contributed by atoms with Gasteiger partial charge in [0.2, 0.25) is 0 Å². The van der Waals surface area contributed by atoms with Gasteiger partial charge in [0.1, 0.15) is 10.9 Å². The molecular weight excluding hydrogens is 340 g/mol. The number of aromatic nitrogens is 1. The Morgan fingerprint density at radius 2 is 2.15 bits per heavy atom. The van der Waals surface area contributed by atoms with Crippen molar-refractivity contribution in [3.8, 4) is 5.75 Å². The summed E-state index contributed by atoms with van der Waals surface area (Å²) in [5.74, 6) is 0.884. The molecule has 0 aliphatic rings. The molecule has 20 heavy (non-hydrogen) atoms. The first-order valence-electron chi connectivity index (χ1n) is 6.35. The maximum absolute atomic E-state index is 5.86. The molecule has 0 aliphatic carbocycles. The highest BCUT2D eigenvalue weighted by Gasteiger charge is 2.02. The number of anilines is 1. The first kappa shape index (κ1) is 15.1. The van der Waals surface area contributed by atoms with Gasteiger partial charge in [-0.25, -0.2) is 4.98 Å². The molecule has 5 heteroatoms. The third-order valence-electron chi connectivity index (χ3n) is 2.56. The topological polar surface area (TPSA) is 34.1 Å². The molecule has 0 amide bonds. The number of hydrogen-bond donors (Lipinski definition) is 1. The average molecular weight is 356 g/mol. The van der Waals surface area contributed by atoms with Gasteiger partial charge in [-0.15, -0.1) is 0 Å². The van der Waals surface area contributed by atoms with E-state index in [0.717, 1.165) is 21.5 Å². The van der Waals surface area contributed by atoms with E-state index in [4.69, 9.17) is 16.3 Å². The summed E-state index contributed by atoms with van der Waals surface area (Å²) in [6.07, 6.45) is 1.89. The monoisotopic (exact) mass is 354 g/mol. The van der Waals surface area contributed by atoms with Crippen LogP contribution in [-0.4, -0.2) is 11.1 Å². The van der Waals surface area contributed by atoms with E-state index in [1.807, 2.05) is 38.1 Å². The summed E-state index contributed by atoms with van der Waals surface area (Å²) in [4.78, 5) is 4.08. The van der Waals surface area contributed by atoms with E-state index in [1.54, 1.807) is 6.20 Å². The highest BCUT2D eigenvalue weighted by atomic mass is 79.9. The van der Waals surface area contributed by atoms with Crippen LogP contribution in [0.4, 0.5) is 5.69 Å². The van der Waals surface area contributed by atoms with Crippen LogP contribution in [0, 0.1) is 0 Å². The van der Waals surface area contributed by atoms with Gasteiger partial charge in [-0.1, -0.05) is 23.7 Å². The average Bonchev–Trinajstić information content (AvgIpc) is 2.40. The van der Waals surface area contributed by atoms with Crippen LogP contribution in [0.3, 0.4) is 0 Å². The van der Waals surface area contributed by atoms with Crippen molar-refractivity contribution in [2.24, 2.45) is 0 Å². The second-order valence-corrected chi connectivity index (χ2v) is 5.88. The summed E-state index contributed by atoms with van der Waals surface area (Å²) < 4.78 is 6.46. The number of rotatable bonds is 5. The molecule has 2 aromatic rings. The lowest BCUT2D eigenvalue weighted by atomic mass is 10.2. The van der Waals surface area contributed by atoms with Crippen LogP contribution in [0.5, 0.6) is 5.75 Å². The predicted octanol–water partition coefficient (Wildman–Crippen LogP) is 4.90. The third-order valence-corrected chi connectivity index (χ3v) is 3.70. The molecule has 1 heterocycles. The highest BCUT2D eigenvalue weighted by Crippen LogP contribution is 2.23. The molecule has 0 saturated carbocycles. The Kier molecular flexibility index (Phi) is 5.26. The summed E-state index contributed by atoms with van der Waals surface area (Å²) in [5.41, 5.74) is 2.06. The predicted molar refractivity (Wildman–Crippen MR) is 86.5 cm³/mol. The molecule has 3 nitrogen and oxygen atoms in total. The van der Waals surface area contributed by atoms with Crippen molar-refractivity contribution in [3.63, 3.8) is 0 Å². The molecule has 0 fully saturated rings. The zero-order chi connectivity index (χ0) is 14.5. The summed E-state index contributed by atoms with van der Waals surface area (Å²) in [5, 5.41) is 3.76. The van der Waals surface area contributed by atoms with Gasteiger partial charge >= 0.3 is 0 Å². The van der Waals surface area contributed by atoms with Gasteiger partial charge < -0.3 is 10.1 Å². The van der Waals surface area contributed by atoms with Crippen LogP contribution in [0.2, 0.25) is 5.15 Å². The van der Waals surface area contributed by atoms with Gasteiger partial charge in [-0.2, -0.15) is 0 Å². The van der Waals surface area contributed by atoms with Gasteiger partial charge in [0.25, 0.3) is 0 Å². The van der Waals surface area contributed by atoms with Crippen LogP contribution >= 0.6 is 27.5 Å². The van der Waals surface area contributed by atoms with Gasteiger partial charge in [0, 0.05) is 6.54 Å². The maximum Gasteiger partial charge on any atom is 0.143 e. The Morgan fingerprint density at radius 1 is 1.35 bits per heavy atom. The molecule has 1 aromatic carbocycles. The molecule has 0 atom stereocenters. The molecular formula is C15H16BrClN2O. The SMILES string of the molecule is CC(C)Oc1cccc(CNc2cnc(Cl)c(Br)c2)c1. The fraction of sp³-hybridized carbons (Fsp3) is 0.267. The number of benzene rings is 1. The number of pyridine rings is 1. The van der Waals surface area contributed by atoms with E-state index in [-0.39, 0.29) is 6.10 Å². The molecule has 0 unspecified atom stereocenters. The zero-order valence-electron chi connectivity index (χ0n) is 11.4. The normalized spacial score (nSPS) is 10.7. The van der Waals surface area contributed by atoms with Gasteiger partial charge in [-0.05, 0) is 53.5 Å². The van der Waals surface area contributed by atoms with E-state index in [1.165, 1.54) is 0 Å². The first-order chi connectivity index (χ1) is 9.54. The highest BCUT2D eigenvalue weighted by molar-refractivity contribution is 9.10. The van der Waals surface area contributed by atoms with Crippen molar-refractivity contribution in [1.29, 1.82) is 0 Å². The van der Waals surface area contributed by atoms with E-state index in [0.29, 0.717) is 11.7 Å². The first-order valence-corrected chi connectivity index (χ1v) is 7.52. The van der Waals surface area contributed by atoms with Gasteiger partial charge in [0.05, 0.1) is 22.5 Å². The van der Waals surface area contributed by atoms with Crippen molar-refractivity contribution in [1.82, 2.24) is 4.98 Å². The van der Waals surface area contributed by atoms with Crippen LogP contribution < -0.4 is 10.1 Å². The van der Waals surface area contributed by atoms with Crippen molar-refractivity contribution in [3.05, 3.63) is 51.7 Å². The number of halogens is 2. The van der Waals surface area contributed by atoms with Crippen LogP contribution in [0.15, 0.2) is 41.0 Å². The lowest BCUT2D eigenvalue weighted by Gasteiger charge is -2.12. The zero-order valence-corrected chi connectivity index (χ0v) is 13.7. The minimum absolute atomic E-state index is 0.176. The van der Waals surface area contributed by atoms with E-state index in [9.17, 15) is 0 Å². The molecule has 0 aliphatic heterocycles. The fourth-order valence-electron chi connectivity index (χ4n) is 1.72. The lowest BCUT2D eigenvalue weighted by Crippen LogP contribution is -2.06. The fourth-order valence-corrected chi connectivity index (χ4v) is 2.18. The molecule has 1 aromatic heterocycles. The molecule has 1 N–H and O–H groups in total.